The Kier molecular flexibility index (Phi) is 5.46. The highest BCUT2D eigenvalue weighted by molar-refractivity contribution is 7.90. The molecule has 4 rings (SSSR count). The first kappa shape index (κ1) is 20.6. The molecule has 0 saturated carbocycles. The summed E-state index contributed by atoms with van der Waals surface area (Å²) in [5.74, 6) is -0.156. The van der Waals surface area contributed by atoms with Gasteiger partial charge in [0.15, 0.2) is 0 Å². The van der Waals surface area contributed by atoms with Crippen molar-refractivity contribution in [2.75, 3.05) is 13.2 Å². The van der Waals surface area contributed by atoms with Gasteiger partial charge in [-0.05, 0) is 47.5 Å². The molecule has 0 radical (unpaired) electrons. The number of nitrogens with zero attached hydrogens (tertiary/aromatic N) is 2. The van der Waals surface area contributed by atoms with Crippen molar-refractivity contribution in [3.05, 3.63) is 83.9 Å². The molecule has 0 aliphatic carbocycles. The lowest BCUT2D eigenvalue weighted by molar-refractivity contribution is 0.0687. The number of aliphatic hydroxyl groups is 1. The molecule has 0 spiro atoms. The summed E-state index contributed by atoms with van der Waals surface area (Å²) in [5.41, 5.74) is 2.57. The summed E-state index contributed by atoms with van der Waals surface area (Å²) in [5, 5.41) is 19.1. The van der Waals surface area contributed by atoms with Crippen molar-refractivity contribution < 1.29 is 23.1 Å². The van der Waals surface area contributed by atoms with Crippen LogP contribution in [0.25, 0.3) is 11.1 Å². The molecule has 8 heteroatoms. The van der Waals surface area contributed by atoms with Crippen LogP contribution in [0.4, 0.5) is 0 Å². The number of aliphatic hydroxyl groups excluding tert-OH is 1. The van der Waals surface area contributed by atoms with Crippen LogP contribution >= 0.6 is 0 Å². The summed E-state index contributed by atoms with van der Waals surface area (Å²) in [6.45, 7) is -0.564. The van der Waals surface area contributed by atoms with Crippen LogP contribution in [0.2, 0.25) is 0 Å². The van der Waals surface area contributed by atoms with Gasteiger partial charge in [-0.2, -0.15) is 5.26 Å². The van der Waals surface area contributed by atoms with Crippen molar-refractivity contribution in [3.63, 3.8) is 0 Å². The smallest absolute Gasteiger partial charge is 0.269 e. The zero-order chi connectivity index (χ0) is 22.0. The van der Waals surface area contributed by atoms with Gasteiger partial charge >= 0.3 is 0 Å². The van der Waals surface area contributed by atoms with Gasteiger partial charge in [0.05, 0.1) is 23.7 Å². The van der Waals surface area contributed by atoms with E-state index < -0.39 is 22.0 Å². The van der Waals surface area contributed by atoms with Crippen LogP contribution < -0.4 is 4.74 Å². The molecule has 1 aliphatic heterocycles. The van der Waals surface area contributed by atoms with Crippen molar-refractivity contribution in [3.8, 4) is 22.9 Å². The third-order valence-electron chi connectivity index (χ3n) is 4.93. The molecule has 1 N–H and O–H groups in total. The van der Waals surface area contributed by atoms with E-state index in [1.165, 1.54) is 12.1 Å². The summed E-state index contributed by atoms with van der Waals surface area (Å²) in [4.78, 5) is 12.4. The molecule has 1 heterocycles. The number of carbonyl (C=O) groups excluding carboxylic acids is 1. The predicted molar refractivity (Wildman–Crippen MR) is 113 cm³/mol. The second-order valence-electron chi connectivity index (χ2n) is 7.02. The fraction of sp³-hybridized carbons (Fsp3) is 0.130. The molecule has 1 aliphatic rings. The minimum Gasteiger partial charge on any atom is -0.491 e. The molecule has 0 bridgehead atoms. The molecule has 0 saturated heterocycles. The number of nitriles is 1. The molecular formula is C23H18N2O5S. The Labute approximate surface area is 179 Å². The molecule has 31 heavy (non-hydrogen) atoms. The largest absolute Gasteiger partial charge is 0.491 e. The molecule has 0 fully saturated rings. The molecule has 1 atom stereocenters. The quantitative estimate of drug-likeness (QED) is 0.639. The summed E-state index contributed by atoms with van der Waals surface area (Å²) >= 11 is 0. The van der Waals surface area contributed by atoms with Gasteiger partial charge in [0, 0.05) is 0 Å². The van der Waals surface area contributed by atoms with Crippen LogP contribution in [0, 0.1) is 11.3 Å². The minimum atomic E-state index is -3.97. The van der Waals surface area contributed by atoms with E-state index in [2.05, 4.69) is 6.07 Å². The SMILES string of the molecule is N#Cc1ccc(-c2ccc(OC[C@@H](O)CN3C(=O)c4ccccc4S3(=O)=O)cc2)cc1. The number of fused-ring (bicyclic) bond motifs is 1. The summed E-state index contributed by atoms with van der Waals surface area (Å²) in [7, 11) is -3.97. The fourth-order valence-corrected chi connectivity index (χ4v) is 4.94. The van der Waals surface area contributed by atoms with E-state index in [0.717, 1.165) is 11.1 Å². The highest BCUT2D eigenvalue weighted by Crippen LogP contribution is 2.30. The molecule has 0 unspecified atom stereocenters. The normalized spacial score (nSPS) is 15.2. The zero-order valence-corrected chi connectivity index (χ0v) is 17.1. The number of ether oxygens (including phenoxy) is 1. The number of amides is 1. The Morgan fingerprint density at radius 1 is 0.968 bits per heavy atom. The number of hydrogen-bond donors (Lipinski definition) is 1. The number of hydrogen-bond acceptors (Lipinski definition) is 6. The second kappa shape index (κ2) is 8.22. The summed E-state index contributed by atoms with van der Waals surface area (Å²) < 4.78 is 31.3. The van der Waals surface area contributed by atoms with E-state index in [1.54, 1.807) is 36.4 Å². The Bertz CT molecular complexity index is 1260. The second-order valence-corrected chi connectivity index (χ2v) is 8.85. The highest BCUT2D eigenvalue weighted by Gasteiger charge is 2.41. The molecule has 3 aromatic carbocycles. The first-order chi connectivity index (χ1) is 14.9. The molecular weight excluding hydrogens is 416 g/mol. The van der Waals surface area contributed by atoms with E-state index in [1.807, 2.05) is 24.3 Å². The van der Waals surface area contributed by atoms with Gasteiger partial charge in [0.25, 0.3) is 15.9 Å². The molecule has 0 aromatic heterocycles. The minimum absolute atomic E-state index is 0.0495. The molecule has 1 amide bonds. The van der Waals surface area contributed by atoms with Crippen LogP contribution in [0.15, 0.2) is 77.7 Å². The summed E-state index contributed by atoms with van der Waals surface area (Å²) in [6.07, 6.45) is -1.19. The number of β-amino-alcohol motifs (C(OH)–C–C–N with tert-alkyl or cyclic N) is 1. The van der Waals surface area contributed by atoms with Gasteiger partial charge in [-0.1, -0.05) is 36.4 Å². The van der Waals surface area contributed by atoms with Gasteiger partial charge in [0.1, 0.15) is 23.4 Å². The van der Waals surface area contributed by atoms with E-state index in [4.69, 9.17) is 10.00 Å². The molecule has 156 valence electrons. The fourth-order valence-electron chi connectivity index (χ4n) is 3.33. The van der Waals surface area contributed by atoms with Crippen molar-refractivity contribution in [2.24, 2.45) is 0 Å². The monoisotopic (exact) mass is 434 g/mol. The zero-order valence-electron chi connectivity index (χ0n) is 16.3. The standard InChI is InChI=1S/C23H18N2O5S/c24-13-16-5-7-17(8-6-16)18-9-11-20(12-10-18)30-15-19(26)14-25-23(27)21-3-1-2-4-22(21)31(25,28)29/h1-12,19,26H,14-15H2/t19-/m0/s1. The van der Waals surface area contributed by atoms with Gasteiger partial charge in [-0.25, -0.2) is 12.7 Å². The summed E-state index contributed by atoms with van der Waals surface area (Å²) in [6, 6.07) is 22.4. The van der Waals surface area contributed by atoms with Crippen LogP contribution in [0.3, 0.4) is 0 Å². The third kappa shape index (κ3) is 4.01. The Morgan fingerprint density at radius 2 is 1.58 bits per heavy atom. The predicted octanol–water partition coefficient (Wildman–Crippen LogP) is 2.81. The van der Waals surface area contributed by atoms with Gasteiger partial charge in [-0.15, -0.1) is 0 Å². The van der Waals surface area contributed by atoms with Crippen LogP contribution in [-0.4, -0.2) is 43.0 Å². The molecule has 3 aromatic rings. The Morgan fingerprint density at radius 3 is 2.19 bits per heavy atom. The van der Waals surface area contributed by atoms with Crippen LogP contribution in [0.1, 0.15) is 15.9 Å². The average molecular weight is 434 g/mol. The lowest BCUT2D eigenvalue weighted by Gasteiger charge is -2.19. The average Bonchev–Trinajstić information content (AvgIpc) is 2.99. The molecule has 7 nitrogen and oxygen atoms in total. The van der Waals surface area contributed by atoms with E-state index in [-0.39, 0.29) is 23.6 Å². The topological polar surface area (TPSA) is 108 Å². The van der Waals surface area contributed by atoms with Crippen molar-refractivity contribution in [2.45, 2.75) is 11.0 Å². The Balaban J connectivity index is 1.37. The van der Waals surface area contributed by atoms with Crippen LogP contribution in [0.5, 0.6) is 5.75 Å². The van der Waals surface area contributed by atoms with E-state index in [0.29, 0.717) is 15.6 Å². The lowest BCUT2D eigenvalue weighted by atomic mass is 10.0. The lowest BCUT2D eigenvalue weighted by Crippen LogP contribution is -2.39. The Hall–Kier alpha value is -3.67. The van der Waals surface area contributed by atoms with Crippen molar-refractivity contribution in [1.29, 1.82) is 5.26 Å². The van der Waals surface area contributed by atoms with Gasteiger partial charge in [-0.3, -0.25) is 4.79 Å². The van der Waals surface area contributed by atoms with E-state index >= 15 is 0 Å². The maximum Gasteiger partial charge on any atom is 0.269 e. The van der Waals surface area contributed by atoms with Crippen molar-refractivity contribution in [1.82, 2.24) is 4.31 Å². The van der Waals surface area contributed by atoms with E-state index in [9.17, 15) is 18.3 Å². The van der Waals surface area contributed by atoms with Gasteiger partial charge < -0.3 is 9.84 Å². The number of benzene rings is 3. The van der Waals surface area contributed by atoms with Crippen molar-refractivity contribution >= 4 is 15.9 Å². The number of rotatable bonds is 6. The highest BCUT2D eigenvalue weighted by atomic mass is 32.2. The number of sulfonamides is 1. The first-order valence-electron chi connectivity index (χ1n) is 9.48. The first-order valence-corrected chi connectivity index (χ1v) is 10.9. The maximum atomic E-state index is 12.6. The maximum absolute atomic E-state index is 12.6. The van der Waals surface area contributed by atoms with Gasteiger partial charge in [0.2, 0.25) is 0 Å². The van der Waals surface area contributed by atoms with Crippen LogP contribution in [-0.2, 0) is 10.0 Å². The third-order valence-corrected chi connectivity index (χ3v) is 6.74. The number of carbonyl (C=O) groups is 1.